The van der Waals surface area contributed by atoms with Gasteiger partial charge in [-0.15, -0.1) is 11.3 Å². The highest BCUT2D eigenvalue weighted by Crippen LogP contribution is 2.40. The summed E-state index contributed by atoms with van der Waals surface area (Å²) in [6.45, 7) is 0. The summed E-state index contributed by atoms with van der Waals surface area (Å²) in [5.41, 5.74) is 4.22. The van der Waals surface area contributed by atoms with E-state index in [2.05, 4.69) is 79.0 Å². The molecular weight excluding hydrogens is 370 g/mol. The number of nitrogens with zero attached hydrogens (tertiary/aromatic N) is 3. The predicted molar refractivity (Wildman–Crippen MR) is 99.5 cm³/mol. The van der Waals surface area contributed by atoms with Crippen LogP contribution in [0.1, 0.15) is 0 Å². The molecule has 0 atom stereocenters. The van der Waals surface area contributed by atoms with Gasteiger partial charge in [0, 0.05) is 23.2 Å². The average Bonchev–Trinajstić information content (AvgIpc) is 3.11. The zero-order chi connectivity index (χ0) is 15.4. The van der Waals surface area contributed by atoms with Gasteiger partial charge in [-0.25, -0.2) is 4.98 Å². The van der Waals surface area contributed by atoms with Crippen molar-refractivity contribution in [1.82, 2.24) is 14.5 Å². The molecule has 0 saturated heterocycles. The molecule has 0 amide bonds. The van der Waals surface area contributed by atoms with Gasteiger partial charge in [-0.1, -0.05) is 36.4 Å². The van der Waals surface area contributed by atoms with Gasteiger partial charge in [-0.05, 0) is 28.1 Å². The Morgan fingerprint density at radius 3 is 2.00 bits per heavy atom. The fourth-order valence-corrected chi connectivity index (χ4v) is 4.81. The normalized spacial score (nSPS) is 11.7. The molecule has 2 aromatic carbocycles. The number of hydrogen-bond donors (Lipinski definition) is 0. The number of aromatic nitrogens is 3. The van der Waals surface area contributed by atoms with E-state index in [-0.39, 0.29) is 0 Å². The third kappa shape index (κ3) is 1.81. The largest absolute Gasteiger partial charge is 0.299 e. The lowest BCUT2D eigenvalue weighted by Crippen LogP contribution is -1.92. The number of rotatable bonds is 1. The minimum Gasteiger partial charge on any atom is -0.299 e. The monoisotopic (exact) mass is 379 g/mol. The molecule has 23 heavy (non-hydrogen) atoms. The number of hydrogen-bond acceptors (Lipinski definition) is 3. The van der Waals surface area contributed by atoms with Crippen LogP contribution in [0, 0.1) is 0 Å². The van der Waals surface area contributed by atoms with Crippen LogP contribution in [0.25, 0.3) is 37.8 Å². The Bertz CT molecular complexity index is 1140. The molecule has 0 aliphatic rings. The molecular formula is C18H10BrN3S. The first-order valence-electron chi connectivity index (χ1n) is 7.22. The molecule has 5 aromatic rings. The molecule has 0 N–H and O–H groups in total. The van der Waals surface area contributed by atoms with E-state index in [1.807, 2.05) is 0 Å². The molecule has 0 fully saturated rings. The SMILES string of the molecule is Brc1sc(-n2c3ccccc3c3ccccc32)c2nccnc12. The standard InChI is InChI=1S/C18H10BrN3S/c19-17-15-16(21-10-9-20-15)18(23-17)22-13-7-3-1-5-11(13)12-6-2-4-8-14(12)22/h1-10H. The maximum Gasteiger partial charge on any atom is 0.130 e. The molecule has 3 aromatic heterocycles. The number of fused-ring (bicyclic) bond motifs is 4. The van der Waals surface area contributed by atoms with E-state index >= 15 is 0 Å². The van der Waals surface area contributed by atoms with Crippen LogP contribution in [0.4, 0.5) is 0 Å². The summed E-state index contributed by atoms with van der Waals surface area (Å²) < 4.78 is 3.30. The summed E-state index contributed by atoms with van der Waals surface area (Å²) in [4.78, 5) is 9.03. The molecule has 0 saturated carbocycles. The molecule has 0 radical (unpaired) electrons. The summed E-state index contributed by atoms with van der Waals surface area (Å²) in [5.74, 6) is 0. The Hall–Kier alpha value is -2.24. The minimum absolute atomic E-state index is 0.911. The molecule has 110 valence electrons. The third-order valence-electron chi connectivity index (χ3n) is 4.06. The Morgan fingerprint density at radius 1 is 0.783 bits per heavy atom. The van der Waals surface area contributed by atoms with Crippen LogP contribution < -0.4 is 0 Å². The molecule has 3 nitrogen and oxygen atoms in total. The highest BCUT2D eigenvalue weighted by molar-refractivity contribution is 9.11. The Balaban J connectivity index is 2.02. The van der Waals surface area contributed by atoms with E-state index in [4.69, 9.17) is 0 Å². The first kappa shape index (κ1) is 13.2. The second-order valence-electron chi connectivity index (χ2n) is 5.30. The molecule has 0 bridgehead atoms. The smallest absolute Gasteiger partial charge is 0.130 e. The van der Waals surface area contributed by atoms with Crippen LogP contribution in [-0.4, -0.2) is 14.5 Å². The van der Waals surface area contributed by atoms with E-state index in [0.717, 1.165) is 19.8 Å². The van der Waals surface area contributed by atoms with Gasteiger partial charge in [0.15, 0.2) is 0 Å². The van der Waals surface area contributed by atoms with Crippen molar-refractivity contribution in [3.05, 3.63) is 64.7 Å². The summed E-state index contributed by atoms with van der Waals surface area (Å²) in [7, 11) is 0. The fraction of sp³-hybridized carbons (Fsp3) is 0. The van der Waals surface area contributed by atoms with Gasteiger partial charge in [-0.3, -0.25) is 9.55 Å². The van der Waals surface area contributed by atoms with Crippen molar-refractivity contribution < 1.29 is 0 Å². The zero-order valence-corrected chi connectivity index (χ0v) is 14.3. The maximum absolute atomic E-state index is 4.57. The van der Waals surface area contributed by atoms with Crippen LogP contribution in [0.3, 0.4) is 0 Å². The zero-order valence-electron chi connectivity index (χ0n) is 11.9. The van der Waals surface area contributed by atoms with Crippen molar-refractivity contribution in [2.75, 3.05) is 0 Å². The fourth-order valence-electron chi connectivity index (χ4n) is 3.11. The van der Waals surface area contributed by atoms with Crippen molar-refractivity contribution in [3.8, 4) is 5.00 Å². The number of thiophene rings is 1. The van der Waals surface area contributed by atoms with Crippen LogP contribution >= 0.6 is 27.3 Å². The predicted octanol–water partition coefficient (Wildman–Crippen LogP) is 5.55. The van der Waals surface area contributed by atoms with Gasteiger partial charge in [0.25, 0.3) is 0 Å². The van der Waals surface area contributed by atoms with Crippen molar-refractivity contribution in [2.24, 2.45) is 0 Å². The van der Waals surface area contributed by atoms with Gasteiger partial charge >= 0.3 is 0 Å². The second kappa shape index (κ2) is 4.88. The van der Waals surface area contributed by atoms with Crippen LogP contribution in [0.15, 0.2) is 64.7 Å². The summed E-state index contributed by atoms with van der Waals surface area (Å²) in [6.07, 6.45) is 3.48. The maximum atomic E-state index is 4.57. The number of benzene rings is 2. The second-order valence-corrected chi connectivity index (χ2v) is 7.62. The lowest BCUT2D eigenvalue weighted by Gasteiger charge is -2.04. The van der Waals surface area contributed by atoms with Crippen molar-refractivity contribution in [2.45, 2.75) is 0 Å². The summed E-state index contributed by atoms with van der Waals surface area (Å²) in [6, 6.07) is 17.0. The molecule has 0 aliphatic heterocycles. The van der Waals surface area contributed by atoms with E-state index in [1.54, 1.807) is 23.7 Å². The van der Waals surface area contributed by atoms with Crippen LogP contribution in [0.2, 0.25) is 0 Å². The molecule has 3 heterocycles. The Kier molecular flexibility index (Phi) is 2.80. The van der Waals surface area contributed by atoms with Crippen molar-refractivity contribution in [3.63, 3.8) is 0 Å². The van der Waals surface area contributed by atoms with Crippen molar-refractivity contribution in [1.29, 1.82) is 0 Å². The van der Waals surface area contributed by atoms with Crippen LogP contribution in [-0.2, 0) is 0 Å². The lowest BCUT2D eigenvalue weighted by molar-refractivity contribution is 1.21. The highest BCUT2D eigenvalue weighted by atomic mass is 79.9. The lowest BCUT2D eigenvalue weighted by atomic mass is 10.2. The molecule has 0 spiro atoms. The van der Waals surface area contributed by atoms with E-state index < -0.39 is 0 Å². The first-order chi connectivity index (χ1) is 11.3. The van der Waals surface area contributed by atoms with E-state index in [1.165, 1.54) is 21.8 Å². The summed E-state index contributed by atoms with van der Waals surface area (Å²) >= 11 is 5.30. The number of halogens is 1. The quantitative estimate of drug-likeness (QED) is 0.382. The Morgan fingerprint density at radius 2 is 1.35 bits per heavy atom. The minimum atomic E-state index is 0.911. The van der Waals surface area contributed by atoms with Gasteiger partial charge < -0.3 is 0 Å². The van der Waals surface area contributed by atoms with Gasteiger partial charge in [-0.2, -0.15) is 0 Å². The Labute approximate surface area is 144 Å². The van der Waals surface area contributed by atoms with Gasteiger partial charge in [0.2, 0.25) is 0 Å². The molecule has 5 rings (SSSR count). The first-order valence-corrected chi connectivity index (χ1v) is 8.83. The topological polar surface area (TPSA) is 30.7 Å². The van der Waals surface area contributed by atoms with Crippen molar-refractivity contribution >= 4 is 60.1 Å². The van der Waals surface area contributed by atoms with E-state index in [9.17, 15) is 0 Å². The number of para-hydroxylation sites is 2. The third-order valence-corrected chi connectivity index (χ3v) is 5.86. The molecule has 0 aliphatic carbocycles. The van der Waals surface area contributed by atoms with Crippen LogP contribution in [0.5, 0.6) is 0 Å². The molecule has 5 heteroatoms. The van der Waals surface area contributed by atoms with Gasteiger partial charge in [0.1, 0.15) is 16.0 Å². The van der Waals surface area contributed by atoms with E-state index in [0.29, 0.717) is 0 Å². The van der Waals surface area contributed by atoms with Gasteiger partial charge in [0.05, 0.1) is 14.8 Å². The average molecular weight is 380 g/mol. The summed E-state index contributed by atoms with van der Waals surface area (Å²) in [5, 5.41) is 3.60. The highest BCUT2D eigenvalue weighted by Gasteiger charge is 2.18. The molecule has 0 unspecified atom stereocenters.